The van der Waals surface area contributed by atoms with E-state index in [2.05, 4.69) is 9.97 Å². The van der Waals surface area contributed by atoms with E-state index >= 15 is 0 Å². The number of aliphatic carboxylic acids is 1. The molecule has 0 bridgehead atoms. The Morgan fingerprint density at radius 1 is 1.12 bits per heavy atom. The molecule has 2 aromatic heterocycles. The van der Waals surface area contributed by atoms with Crippen LogP contribution in [0, 0.1) is 19.7 Å². The SMILES string of the molecule is Cc1cc2sc(CC(=O)O)nc2cc1OCc1sc(-c2ccc(C(F)(F)F)c(F)c2)nc1C. The monoisotopic (exact) mass is 496 g/mol. The first-order valence-electron chi connectivity index (χ1n) is 9.59. The third kappa shape index (κ3) is 4.98. The number of carboxylic acid groups (broad SMARTS) is 1. The average Bonchev–Trinajstić information content (AvgIpc) is 3.26. The van der Waals surface area contributed by atoms with Crippen molar-refractivity contribution in [3.05, 3.63) is 62.9 Å². The van der Waals surface area contributed by atoms with Gasteiger partial charge in [-0.05, 0) is 37.6 Å². The molecule has 0 amide bonds. The van der Waals surface area contributed by atoms with Gasteiger partial charge in [0.15, 0.2) is 0 Å². The van der Waals surface area contributed by atoms with Gasteiger partial charge in [0.25, 0.3) is 0 Å². The molecule has 0 aliphatic carbocycles. The summed E-state index contributed by atoms with van der Waals surface area (Å²) in [5.41, 5.74) is 1.05. The number of fused-ring (bicyclic) bond motifs is 1. The number of halogens is 4. The fraction of sp³-hybridized carbons (Fsp3) is 0.227. The Bertz CT molecular complexity index is 1360. The summed E-state index contributed by atoms with van der Waals surface area (Å²) in [6.07, 6.45) is -4.91. The number of carbonyl (C=O) groups is 1. The summed E-state index contributed by atoms with van der Waals surface area (Å²) >= 11 is 2.52. The molecular weight excluding hydrogens is 480 g/mol. The minimum absolute atomic E-state index is 0.151. The van der Waals surface area contributed by atoms with Gasteiger partial charge in [0, 0.05) is 11.6 Å². The number of ether oxygens (including phenoxy) is 1. The lowest BCUT2D eigenvalue weighted by molar-refractivity contribution is -0.140. The van der Waals surface area contributed by atoms with Crippen molar-refractivity contribution in [3.63, 3.8) is 0 Å². The topological polar surface area (TPSA) is 72.3 Å². The quantitative estimate of drug-likeness (QED) is 0.313. The van der Waals surface area contributed by atoms with Crippen molar-refractivity contribution < 1.29 is 32.2 Å². The van der Waals surface area contributed by atoms with E-state index in [1.165, 1.54) is 28.7 Å². The lowest BCUT2D eigenvalue weighted by Gasteiger charge is -2.08. The van der Waals surface area contributed by atoms with Gasteiger partial charge in [-0.3, -0.25) is 4.79 Å². The van der Waals surface area contributed by atoms with Crippen molar-refractivity contribution in [2.45, 2.75) is 33.1 Å². The average molecular weight is 497 g/mol. The number of benzene rings is 2. The van der Waals surface area contributed by atoms with Crippen LogP contribution in [0.3, 0.4) is 0 Å². The molecule has 1 N–H and O–H groups in total. The first-order chi connectivity index (χ1) is 15.5. The standard InChI is InChI=1S/C22H16F4N2O3S2/c1-10-5-17-15(28-19(32-17)8-20(29)30)7-16(10)31-9-18-11(2)27-21(33-18)12-3-4-13(14(23)6-12)22(24,25)26/h3-7H,8-9H2,1-2H3,(H,29,30). The van der Waals surface area contributed by atoms with Crippen molar-refractivity contribution in [1.29, 1.82) is 0 Å². The van der Waals surface area contributed by atoms with Crippen LogP contribution in [0.2, 0.25) is 0 Å². The summed E-state index contributed by atoms with van der Waals surface area (Å²) in [4.78, 5) is 20.4. The maximum atomic E-state index is 13.9. The number of rotatable bonds is 6. The molecular formula is C22H16F4N2O3S2. The molecule has 0 aliphatic heterocycles. The van der Waals surface area contributed by atoms with Crippen LogP contribution in [-0.2, 0) is 24.0 Å². The molecule has 0 saturated heterocycles. The largest absolute Gasteiger partial charge is 0.488 e. The molecule has 2 aromatic carbocycles. The van der Waals surface area contributed by atoms with Crippen molar-refractivity contribution in [3.8, 4) is 16.3 Å². The Morgan fingerprint density at radius 3 is 2.55 bits per heavy atom. The Morgan fingerprint density at radius 2 is 1.88 bits per heavy atom. The number of aryl methyl sites for hydroxylation is 2. The van der Waals surface area contributed by atoms with Crippen molar-refractivity contribution in [2.75, 3.05) is 0 Å². The highest BCUT2D eigenvalue weighted by molar-refractivity contribution is 7.18. The minimum atomic E-state index is -4.76. The first kappa shape index (κ1) is 23.1. The number of carboxylic acids is 1. The lowest BCUT2D eigenvalue weighted by atomic mass is 10.1. The summed E-state index contributed by atoms with van der Waals surface area (Å²) in [5.74, 6) is -1.73. The number of thiazole rings is 2. The van der Waals surface area contributed by atoms with Crippen LogP contribution >= 0.6 is 22.7 Å². The van der Waals surface area contributed by atoms with Gasteiger partial charge in [0.1, 0.15) is 28.2 Å². The lowest BCUT2D eigenvalue weighted by Crippen LogP contribution is -2.07. The molecule has 0 fully saturated rings. The van der Waals surface area contributed by atoms with Crippen LogP contribution in [0.15, 0.2) is 30.3 Å². The van der Waals surface area contributed by atoms with Crippen LogP contribution in [0.1, 0.15) is 26.7 Å². The van der Waals surface area contributed by atoms with Crippen LogP contribution in [-0.4, -0.2) is 21.0 Å². The van der Waals surface area contributed by atoms with E-state index < -0.39 is 23.5 Å². The fourth-order valence-electron chi connectivity index (χ4n) is 3.17. The van der Waals surface area contributed by atoms with Crippen LogP contribution in [0.25, 0.3) is 20.8 Å². The van der Waals surface area contributed by atoms with Crippen molar-refractivity contribution in [1.82, 2.24) is 9.97 Å². The second-order valence-electron chi connectivity index (χ2n) is 7.27. The van der Waals surface area contributed by atoms with Crippen LogP contribution in [0.5, 0.6) is 5.75 Å². The van der Waals surface area contributed by atoms with E-state index in [-0.39, 0.29) is 18.6 Å². The number of aromatic nitrogens is 2. The molecule has 0 radical (unpaired) electrons. The van der Waals surface area contributed by atoms with E-state index in [0.717, 1.165) is 21.2 Å². The molecule has 4 rings (SSSR count). The summed E-state index contributed by atoms with van der Waals surface area (Å²) in [6.45, 7) is 3.76. The van der Waals surface area contributed by atoms with Gasteiger partial charge >= 0.3 is 12.1 Å². The molecule has 5 nitrogen and oxygen atoms in total. The second-order valence-corrected chi connectivity index (χ2v) is 9.47. The highest BCUT2D eigenvalue weighted by Crippen LogP contribution is 2.36. The molecule has 0 aliphatic rings. The van der Waals surface area contributed by atoms with E-state index in [1.54, 1.807) is 13.0 Å². The molecule has 172 valence electrons. The Balaban J connectivity index is 1.54. The van der Waals surface area contributed by atoms with Gasteiger partial charge < -0.3 is 9.84 Å². The molecule has 2 heterocycles. The Kier molecular flexibility index (Phi) is 6.10. The fourth-order valence-corrected chi connectivity index (χ4v) is 5.18. The van der Waals surface area contributed by atoms with Gasteiger partial charge in [0.05, 0.1) is 32.8 Å². The first-order valence-corrected chi connectivity index (χ1v) is 11.2. The third-order valence-electron chi connectivity index (χ3n) is 4.80. The third-order valence-corrected chi connectivity index (χ3v) is 7.00. The predicted molar refractivity (Wildman–Crippen MR) is 117 cm³/mol. The molecule has 0 spiro atoms. The van der Waals surface area contributed by atoms with E-state index in [0.29, 0.717) is 33.0 Å². The molecule has 0 unspecified atom stereocenters. The number of nitrogens with zero attached hydrogens (tertiary/aromatic N) is 2. The summed E-state index contributed by atoms with van der Waals surface area (Å²) < 4.78 is 59.1. The van der Waals surface area contributed by atoms with Gasteiger partial charge in [-0.25, -0.2) is 14.4 Å². The zero-order chi connectivity index (χ0) is 23.9. The maximum Gasteiger partial charge on any atom is 0.419 e. The highest BCUT2D eigenvalue weighted by atomic mass is 32.1. The summed E-state index contributed by atoms with van der Waals surface area (Å²) in [5, 5.41) is 9.85. The van der Waals surface area contributed by atoms with Gasteiger partial charge in [0.2, 0.25) is 0 Å². The van der Waals surface area contributed by atoms with Gasteiger partial charge in [-0.15, -0.1) is 22.7 Å². The number of alkyl halides is 3. The van der Waals surface area contributed by atoms with Gasteiger partial charge in [-0.1, -0.05) is 6.07 Å². The predicted octanol–water partition coefficient (Wildman–Crippen LogP) is 6.40. The zero-order valence-corrected chi connectivity index (χ0v) is 18.9. The smallest absolute Gasteiger partial charge is 0.419 e. The Labute approximate surface area is 193 Å². The number of hydrogen-bond donors (Lipinski definition) is 1. The normalized spacial score (nSPS) is 11.8. The van der Waals surface area contributed by atoms with Gasteiger partial charge in [-0.2, -0.15) is 13.2 Å². The highest BCUT2D eigenvalue weighted by Gasteiger charge is 2.34. The zero-order valence-electron chi connectivity index (χ0n) is 17.3. The summed E-state index contributed by atoms with van der Waals surface area (Å²) in [7, 11) is 0. The minimum Gasteiger partial charge on any atom is -0.488 e. The van der Waals surface area contributed by atoms with E-state index in [4.69, 9.17) is 9.84 Å². The molecule has 11 heteroatoms. The number of hydrogen-bond acceptors (Lipinski definition) is 6. The van der Waals surface area contributed by atoms with Crippen molar-refractivity contribution in [2.24, 2.45) is 0 Å². The van der Waals surface area contributed by atoms with Crippen molar-refractivity contribution >= 4 is 38.9 Å². The molecule has 33 heavy (non-hydrogen) atoms. The summed E-state index contributed by atoms with van der Waals surface area (Å²) in [6, 6.07) is 6.37. The Hall–Kier alpha value is -3.05. The maximum absolute atomic E-state index is 13.9. The molecule has 0 atom stereocenters. The van der Waals surface area contributed by atoms with E-state index in [1.807, 2.05) is 13.0 Å². The van der Waals surface area contributed by atoms with Crippen LogP contribution < -0.4 is 4.74 Å². The molecule has 0 saturated carbocycles. The second kappa shape index (κ2) is 8.71. The van der Waals surface area contributed by atoms with E-state index in [9.17, 15) is 22.4 Å². The molecule has 4 aromatic rings. The van der Waals surface area contributed by atoms with Crippen LogP contribution in [0.4, 0.5) is 17.6 Å².